The van der Waals surface area contributed by atoms with Crippen molar-refractivity contribution in [2.75, 3.05) is 0 Å². The zero-order valence-electron chi connectivity index (χ0n) is 6.45. The maximum Gasteiger partial charge on any atom is 0.278 e. The van der Waals surface area contributed by atoms with E-state index in [4.69, 9.17) is 0 Å². The molecule has 0 fully saturated rings. The number of fused-ring (bicyclic) bond motifs is 1. The van der Waals surface area contributed by atoms with Crippen LogP contribution in [0.5, 0.6) is 0 Å². The second kappa shape index (κ2) is 2.99. The Hall–Kier alpha value is -1.11. The van der Waals surface area contributed by atoms with Crippen LogP contribution in [0.3, 0.4) is 0 Å². The van der Waals surface area contributed by atoms with Crippen molar-refractivity contribution in [3.05, 3.63) is 38.1 Å². The summed E-state index contributed by atoms with van der Waals surface area (Å²) in [6.07, 6.45) is 0. The molecule has 0 saturated heterocycles. The molecule has 0 aliphatic carbocycles. The predicted octanol–water partition coefficient (Wildman–Crippen LogP) is 2.68. The van der Waals surface area contributed by atoms with E-state index in [1.165, 1.54) is 6.07 Å². The molecule has 1 heterocycles. The number of benzene rings is 1. The first kappa shape index (κ1) is 8.49. The standard InChI is InChI=1S/C8H5IN2O2/c9-8-4-5-6(10-8)2-1-3-7(5)11(12)13/h1-4,10H. The lowest BCUT2D eigenvalue weighted by atomic mass is 10.2. The zero-order valence-corrected chi connectivity index (χ0v) is 8.61. The molecule has 0 atom stereocenters. The fourth-order valence-corrected chi connectivity index (χ4v) is 1.87. The van der Waals surface area contributed by atoms with E-state index in [1.54, 1.807) is 12.1 Å². The third kappa shape index (κ3) is 1.39. The number of halogens is 1. The van der Waals surface area contributed by atoms with Crippen LogP contribution in [0.1, 0.15) is 0 Å². The van der Waals surface area contributed by atoms with E-state index in [9.17, 15) is 10.1 Å². The lowest BCUT2D eigenvalue weighted by molar-refractivity contribution is -0.383. The fourth-order valence-electron chi connectivity index (χ4n) is 1.26. The van der Waals surface area contributed by atoms with Crippen molar-refractivity contribution in [1.29, 1.82) is 0 Å². The minimum atomic E-state index is -0.369. The summed E-state index contributed by atoms with van der Waals surface area (Å²) in [4.78, 5) is 13.3. The Kier molecular flexibility index (Phi) is 1.95. The van der Waals surface area contributed by atoms with Gasteiger partial charge in [0.15, 0.2) is 0 Å². The molecule has 1 N–H and O–H groups in total. The summed E-state index contributed by atoms with van der Waals surface area (Å²) in [5.41, 5.74) is 0.954. The van der Waals surface area contributed by atoms with E-state index < -0.39 is 0 Å². The van der Waals surface area contributed by atoms with Gasteiger partial charge in [0, 0.05) is 6.07 Å². The van der Waals surface area contributed by atoms with Crippen LogP contribution in [0.15, 0.2) is 24.3 Å². The smallest absolute Gasteiger partial charge is 0.278 e. The molecule has 13 heavy (non-hydrogen) atoms. The van der Waals surface area contributed by atoms with E-state index >= 15 is 0 Å². The Balaban J connectivity index is 2.82. The van der Waals surface area contributed by atoms with E-state index in [1.807, 2.05) is 6.07 Å². The van der Waals surface area contributed by atoms with Crippen molar-refractivity contribution in [3.8, 4) is 0 Å². The van der Waals surface area contributed by atoms with Gasteiger partial charge in [-0.25, -0.2) is 0 Å². The predicted molar refractivity (Wildman–Crippen MR) is 57.7 cm³/mol. The molecule has 0 saturated carbocycles. The van der Waals surface area contributed by atoms with Crippen molar-refractivity contribution in [3.63, 3.8) is 0 Å². The average molecular weight is 288 g/mol. The van der Waals surface area contributed by atoms with Crippen molar-refractivity contribution in [2.45, 2.75) is 0 Å². The van der Waals surface area contributed by atoms with Gasteiger partial charge < -0.3 is 4.98 Å². The summed E-state index contributed by atoms with van der Waals surface area (Å²) < 4.78 is 0.905. The Morgan fingerprint density at radius 3 is 2.92 bits per heavy atom. The minimum Gasteiger partial charge on any atom is -0.350 e. The van der Waals surface area contributed by atoms with Crippen molar-refractivity contribution in [2.24, 2.45) is 0 Å². The quantitative estimate of drug-likeness (QED) is 0.498. The van der Waals surface area contributed by atoms with Gasteiger partial charge in [0.1, 0.15) is 0 Å². The number of H-pyrrole nitrogens is 1. The number of nitro benzene ring substituents is 1. The maximum atomic E-state index is 10.6. The average Bonchev–Trinajstić information content (AvgIpc) is 2.43. The number of aromatic amines is 1. The molecular formula is C8H5IN2O2. The second-order valence-corrected chi connectivity index (χ2v) is 3.77. The summed E-state index contributed by atoms with van der Waals surface area (Å²) in [6, 6.07) is 6.78. The summed E-state index contributed by atoms with van der Waals surface area (Å²) in [6.45, 7) is 0. The van der Waals surface area contributed by atoms with Crippen LogP contribution in [0.25, 0.3) is 10.9 Å². The molecule has 2 aromatic rings. The monoisotopic (exact) mass is 288 g/mol. The molecule has 1 aromatic heterocycles. The van der Waals surface area contributed by atoms with Crippen molar-refractivity contribution in [1.82, 2.24) is 4.98 Å². The van der Waals surface area contributed by atoms with Crippen LogP contribution in [-0.2, 0) is 0 Å². The number of hydrogen-bond acceptors (Lipinski definition) is 2. The third-order valence-electron chi connectivity index (χ3n) is 1.80. The molecule has 0 radical (unpaired) electrons. The Morgan fingerprint density at radius 1 is 1.46 bits per heavy atom. The normalized spacial score (nSPS) is 10.5. The highest BCUT2D eigenvalue weighted by molar-refractivity contribution is 14.1. The van der Waals surface area contributed by atoms with Crippen LogP contribution in [0, 0.1) is 13.8 Å². The molecular weight excluding hydrogens is 283 g/mol. The Morgan fingerprint density at radius 2 is 2.23 bits per heavy atom. The number of aromatic nitrogens is 1. The summed E-state index contributed by atoms with van der Waals surface area (Å²) >= 11 is 2.09. The highest BCUT2D eigenvalue weighted by Gasteiger charge is 2.12. The number of non-ortho nitro benzene ring substituents is 1. The SMILES string of the molecule is O=[N+]([O-])c1cccc2[nH]c(I)cc12. The number of hydrogen-bond donors (Lipinski definition) is 1. The van der Waals surface area contributed by atoms with Crippen LogP contribution < -0.4 is 0 Å². The Labute approximate surface area is 87.2 Å². The molecule has 0 spiro atoms. The molecule has 0 unspecified atom stereocenters. The lowest BCUT2D eigenvalue weighted by Crippen LogP contribution is -1.87. The van der Waals surface area contributed by atoms with E-state index in [0.717, 1.165) is 9.22 Å². The topological polar surface area (TPSA) is 58.9 Å². The van der Waals surface area contributed by atoms with E-state index in [0.29, 0.717) is 5.39 Å². The first-order valence-electron chi connectivity index (χ1n) is 3.60. The summed E-state index contributed by atoms with van der Waals surface area (Å²) in [7, 11) is 0. The molecule has 0 aliphatic rings. The van der Waals surface area contributed by atoms with Gasteiger partial charge in [-0.1, -0.05) is 6.07 Å². The van der Waals surface area contributed by atoms with Crippen LogP contribution >= 0.6 is 22.6 Å². The van der Waals surface area contributed by atoms with Gasteiger partial charge in [-0.2, -0.15) is 0 Å². The van der Waals surface area contributed by atoms with Gasteiger partial charge in [0.25, 0.3) is 5.69 Å². The number of nitrogens with one attached hydrogen (secondary N) is 1. The summed E-state index contributed by atoms with van der Waals surface area (Å²) in [5, 5.41) is 11.3. The third-order valence-corrected chi connectivity index (χ3v) is 2.39. The molecule has 1 aromatic carbocycles. The fraction of sp³-hybridized carbons (Fsp3) is 0. The molecule has 5 heteroatoms. The van der Waals surface area contributed by atoms with Gasteiger partial charge >= 0.3 is 0 Å². The molecule has 66 valence electrons. The van der Waals surface area contributed by atoms with Gasteiger partial charge in [-0.15, -0.1) is 0 Å². The van der Waals surface area contributed by atoms with Gasteiger partial charge in [0.2, 0.25) is 0 Å². The first-order valence-corrected chi connectivity index (χ1v) is 4.68. The zero-order chi connectivity index (χ0) is 9.42. The summed E-state index contributed by atoms with van der Waals surface area (Å²) in [5.74, 6) is 0. The largest absolute Gasteiger partial charge is 0.350 e. The molecule has 0 amide bonds. The molecule has 0 aliphatic heterocycles. The van der Waals surface area contributed by atoms with Crippen molar-refractivity contribution >= 4 is 39.2 Å². The number of nitro groups is 1. The number of rotatable bonds is 1. The van der Waals surface area contributed by atoms with E-state index in [2.05, 4.69) is 27.6 Å². The molecule has 2 rings (SSSR count). The van der Waals surface area contributed by atoms with E-state index in [-0.39, 0.29) is 10.6 Å². The van der Waals surface area contributed by atoms with Gasteiger partial charge in [0.05, 0.1) is 19.5 Å². The minimum absolute atomic E-state index is 0.150. The van der Waals surface area contributed by atoms with Gasteiger partial charge in [-0.05, 0) is 34.7 Å². The first-order chi connectivity index (χ1) is 6.18. The second-order valence-electron chi connectivity index (χ2n) is 2.61. The highest BCUT2D eigenvalue weighted by Crippen LogP contribution is 2.26. The van der Waals surface area contributed by atoms with Crippen LogP contribution in [0.2, 0.25) is 0 Å². The number of nitrogens with zero attached hydrogens (tertiary/aromatic N) is 1. The van der Waals surface area contributed by atoms with Crippen LogP contribution in [-0.4, -0.2) is 9.91 Å². The van der Waals surface area contributed by atoms with Gasteiger partial charge in [-0.3, -0.25) is 10.1 Å². The lowest BCUT2D eigenvalue weighted by Gasteiger charge is -1.91. The van der Waals surface area contributed by atoms with Crippen LogP contribution in [0.4, 0.5) is 5.69 Å². The Bertz CT molecular complexity index is 478. The molecule has 4 nitrogen and oxygen atoms in total. The van der Waals surface area contributed by atoms with Crippen molar-refractivity contribution < 1.29 is 4.92 Å². The highest BCUT2D eigenvalue weighted by atomic mass is 127. The maximum absolute atomic E-state index is 10.6. The molecule has 0 bridgehead atoms.